The summed E-state index contributed by atoms with van der Waals surface area (Å²) < 4.78 is 38.4. The molecule has 2 aromatic rings. The van der Waals surface area contributed by atoms with Gasteiger partial charge in [0.15, 0.2) is 5.76 Å². The van der Waals surface area contributed by atoms with Gasteiger partial charge in [-0.05, 0) is 44.0 Å². The van der Waals surface area contributed by atoms with Crippen LogP contribution in [0.1, 0.15) is 43.2 Å². The highest BCUT2D eigenvalue weighted by atomic mass is 32.2. The summed E-state index contributed by atoms with van der Waals surface area (Å²) in [6, 6.07) is 8.02. The van der Waals surface area contributed by atoms with E-state index in [2.05, 4.69) is 5.16 Å². The van der Waals surface area contributed by atoms with E-state index in [4.69, 9.17) is 9.26 Å². The highest BCUT2D eigenvalue weighted by molar-refractivity contribution is 7.89. The SMILES string of the molecule is COc1ccc(S(=O)(=O)N2CCCCC[C@@H]2c2cc(C)no2)cc1. The maximum Gasteiger partial charge on any atom is 0.243 e. The molecule has 130 valence electrons. The Bertz CT molecular complexity index is 783. The van der Waals surface area contributed by atoms with Crippen molar-refractivity contribution in [2.24, 2.45) is 0 Å². The van der Waals surface area contributed by atoms with Crippen LogP contribution in [0.3, 0.4) is 0 Å². The lowest BCUT2D eigenvalue weighted by atomic mass is 10.1. The Hall–Kier alpha value is -1.86. The van der Waals surface area contributed by atoms with Crippen LogP contribution in [0.15, 0.2) is 39.8 Å². The van der Waals surface area contributed by atoms with Gasteiger partial charge in [0.25, 0.3) is 0 Å². The van der Waals surface area contributed by atoms with Gasteiger partial charge in [-0.1, -0.05) is 18.0 Å². The molecule has 1 fully saturated rings. The first-order valence-electron chi connectivity index (χ1n) is 8.11. The summed E-state index contributed by atoms with van der Waals surface area (Å²) in [6.07, 6.45) is 3.57. The van der Waals surface area contributed by atoms with E-state index in [-0.39, 0.29) is 10.9 Å². The Morgan fingerprint density at radius 1 is 1.21 bits per heavy atom. The van der Waals surface area contributed by atoms with Crippen molar-refractivity contribution in [3.05, 3.63) is 41.8 Å². The number of hydrogen-bond acceptors (Lipinski definition) is 5. The number of aryl methyl sites for hydroxylation is 1. The molecular formula is C17H22N2O4S. The summed E-state index contributed by atoms with van der Waals surface area (Å²) >= 11 is 0. The molecule has 0 radical (unpaired) electrons. The average molecular weight is 350 g/mol. The molecule has 1 atom stereocenters. The minimum atomic E-state index is -3.61. The zero-order chi connectivity index (χ0) is 17.2. The lowest BCUT2D eigenvalue weighted by molar-refractivity contribution is 0.258. The van der Waals surface area contributed by atoms with E-state index in [1.807, 2.05) is 13.0 Å². The molecule has 1 saturated heterocycles. The normalized spacial score (nSPS) is 19.8. The second-order valence-corrected chi connectivity index (χ2v) is 7.92. The highest BCUT2D eigenvalue weighted by Gasteiger charge is 2.35. The third kappa shape index (κ3) is 3.32. The second-order valence-electron chi connectivity index (χ2n) is 6.03. The van der Waals surface area contributed by atoms with Crippen molar-refractivity contribution in [1.29, 1.82) is 0 Å². The lowest BCUT2D eigenvalue weighted by Crippen LogP contribution is -2.34. The maximum absolute atomic E-state index is 13.2. The molecule has 0 saturated carbocycles. The summed E-state index contributed by atoms with van der Waals surface area (Å²) in [4.78, 5) is 0.270. The number of benzene rings is 1. The monoisotopic (exact) mass is 350 g/mol. The Labute approximate surface area is 142 Å². The van der Waals surface area contributed by atoms with E-state index >= 15 is 0 Å². The van der Waals surface area contributed by atoms with Gasteiger partial charge >= 0.3 is 0 Å². The molecule has 0 N–H and O–H groups in total. The van der Waals surface area contributed by atoms with Crippen molar-refractivity contribution in [3.63, 3.8) is 0 Å². The first kappa shape index (κ1) is 17.0. The molecule has 7 heteroatoms. The number of nitrogens with zero attached hydrogens (tertiary/aromatic N) is 2. The molecule has 1 aliphatic rings. The topological polar surface area (TPSA) is 72.6 Å². The van der Waals surface area contributed by atoms with E-state index in [1.54, 1.807) is 35.7 Å². The Kier molecular flexibility index (Phi) is 4.91. The molecule has 1 aromatic carbocycles. The first-order valence-corrected chi connectivity index (χ1v) is 9.55. The van der Waals surface area contributed by atoms with E-state index in [1.165, 1.54) is 0 Å². The molecule has 0 spiro atoms. The smallest absolute Gasteiger partial charge is 0.243 e. The quantitative estimate of drug-likeness (QED) is 0.846. The fraction of sp³-hybridized carbons (Fsp3) is 0.471. The van der Waals surface area contributed by atoms with Crippen molar-refractivity contribution >= 4 is 10.0 Å². The predicted molar refractivity (Wildman–Crippen MR) is 89.3 cm³/mol. The summed E-state index contributed by atoms with van der Waals surface area (Å²) in [5.41, 5.74) is 0.760. The van der Waals surface area contributed by atoms with Gasteiger partial charge < -0.3 is 9.26 Å². The number of hydrogen-bond donors (Lipinski definition) is 0. The minimum Gasteiger partial charge on any atom is -0.497 e. The molecule has 1 aliphatic heterocycles. The number of ether oxygens (including phenoxy) is 1. The van der Waals surface area contributed by atoms with E-state index < -0.39 is 10.0 Å². The summed E-state index contributed by atoms with van der Waals surface area (Å²) in [6.45, 7) is 2.32. The van der Waals surface area contributed by atoms with Gasteiger partial charge in [0, 0.05) is 12.6 Å². The van der Waals surface area contributed by atoms with Gasteiger partial charge in [-0.15, -0.1) is 0 Å². The molecule has 1 aromatic heterocycles. The van der Waals surface area contributed by atoms with Gasteiger partial charge in [0.2, 0.25) is 10.0 Å². The highest BCUT2D eigenvalue weighted by Crippen LogP contribution is 2.35. The number of sulfonamides is 1. The van der Waals surface area contributed by atoms with Crippen molar-refractivity contribution in [2.75, 3.05) is 13.7 Å². The fourth-order valence-electron chi connectivity index (χ4n) is 3.08. The second kappa shape index (κ2) is 6.94. The van der Waals surface area contributed by atoms with E-state index in [0.717, 1.165) is 31.4 Å². The predicted octanol–water partition coefficient (Wildman–Crippen LogP) is 3.30. The Morgan fingerprint density at radius 3 is 2.58 bits per heavy atom. The van der Waals surface area contributed by atoms with Crippen molar-refractivity contribution < 1.29 is 17.7 Å². The molecule has 24 heavy (non-hydrogen) atoms. The van der Waals surface area contributed by atoms with Crippen LogP contribution in [0.5, 0.6) is 5.75 Å². The van der Waals surface area contributed by atoms with Crippen molar-refractivity contribution in [2.45, 2.75) is 43.5 Å². The largest absolute Gasteiger partial charge is 0.497 e. The molecule has 0 bridgehead atoms. The van der Waals surface area contributed by atoms with Crippen LogP contribution in [-0.2, 0) is 10.0 Å². The van der Waals surface area contributed by atoms with Crippen molar-refractivity contribution in [1.82, 2.24) is 9.46 Å². The molecular weight excluding hydrogens is 328 g/mol. The van der Waals surface area contributed by atoms with Crippen LogP contribution in [-0.4, -0.2) is 31.5 Å². The molecule has 0 aliphatic carbocycles. The summed E-state index contributed by atoms with van der Waals surface area (Å²) in [7, 11) is -2.05. The van der Waals surface area contributed by atoms with Crippen LogP contribution in [0, 0.1) is 6.92 Å². The molecule has 0 unspecified atom stereocenters. The average Bonchev–Trinajstić information content (AvgIpc) is 2.86. The zero-order valence-corrected chi connectivity index (χ0v) is 14.8. The standard InChI is InChI=1S/C17H22N2O4S/c1-13-12-17(23-18-13)16-6-4-3-5-11-19(16)24(20,21)15-9-7-14(22-2)8-10-15/h7-10,12,16H,3-6,11H2,1-2H3/t16-/m1/s1. The molecule has 0 amide bonds. The summed E-state index contributed by atoms with van der Waals surface area (Å²) in [5, 5.41) is 3.92. The zero-order valence-electron chi connectivity index (χ0n) is 13.9. The van der Waals surface area contributed by atoms with E-state index in [9.17, 15) is 8.42 Å². The maximum atomic E-state index is 13.2. The third-order valence-corrected chi connectivity index (χ3v) is 6.27. The summed E-state index contributed by atoms with van der Waals surface area (Å²) in [5.74, 6) is 1.25. The Morgan fingerprint density at radius 2 is 1.96 bits per heavy atom. The van der Waals surface area contributed by atoms with Gasteiger partial charge in [-0.3, -0.25) is 0 Å². The van der Waals surface area contributed by atoms with Crippen LogP contribution in [0.25, 0.3) is 0 Å². The van der Waals surface area contributed by atoms with Gasteiger partial charge in [0.1, 0.15) is 5.75 Å². The van der Waals surface area contributed by atoms with Crippen molar-refractivity contribution in [3.8, 4) is 5.75 Å². The van der Waals surface area contributed by atoms with Crippen LogP contribution < -0.4 is 4.74 Å². The van der Waals surface area contributed by atoms with E-state index in [0.29, 0.717) is 18.1 Å². The van der Waals surface area contributed by atoms with Gasteiger partial charge in [-0.2, -0.15) is 4.31 Å². The first-order chi connectivity index (χ1) is 11.5. The van der Waals surface area contributed by atoms with Gasteiger partial charge in [0.05, 0.1) is 23.7 Å². The number of methoxy groups -OCH3 is 1. The molecule has 6 nitrogen and oxygen atoms in total. The van der Waals surface area contributed by atoms with Gasteiger partial charge in [-0.25, -0.2) is 8.42 Å². The molecule has 3 rings (SSSR count). The van der Waals surface area contributed by atoms with Crippen LogP contribution in [0.4, 0.5) is 0 Å². The third-order valence-electron chi connectivity index (χ3n) is 4.34. The minimum absolute atomic E-state index is 0.270. The number of aromatic nitrogens is 1. The fourth-order valence-corrected chi connectivity index (χ4v) is 4.74. The number of rotatable bonds is 4. The molecule has 2 heterocycles. The van der Waals surface area contributed by atoms with Crippen LogP contribution >= 0.6 is 0 Å². The Balaban J connectivity index is 1.97. The van der Waals surface area contributed by atoms with Crippen LogP contribution in [0.2, 0.25) is 0 Å². The lowest BCUT2D eigenvalue weighted by Gasteiger charge is -2.27.